The Morgan fingerprint density at radius 1 is 0.939 bits per heavy atom. The maximum atomic E-state index is 13.1. The van der Waals surface area contributed by atoms with Gasteiger partial charge in [-0.25, -0.2) is 0 Å². The zero-order chi connectivity index (χ0) is 23.7. The Kier molecular flexibility index (Phi) is 6.54. The Bertz CT molecular complexity index is 1170. The fraction of sp³-hybridized carbons (Fsp3) is 0.348. The van der Waals surface area contributed by atoms with Gasteiger partial charge in [0, 0.05) is 6.07 Å². The molecule has 4 N–H and O–H groups in total. The van der Waals surface area contributed by atoms with Crippen LogP contribution in [0.1, 0.15) is 0 Å². The van der Waals surface area contributed by atoms with Gasteiger partial charge < -0.3 is 43.8 Å². The summed E-state index contributed by atoms with van der Waals surface area (Å²) >= 11 is 0. The van der Waals surface area contributed by atoms with Crippen molar-refractivity contribution in [3.8, 4) is 28.4 Å². The minimum Gasteiger partial charge on any atom is -0.497 e. The molecule has 1 aliphatic heterocycles. The highest BCUT2D eigenvalue weighted by Crippen LogP contribution is 2.35. The lowest BCUT2D eigenvalue weighted by Crippen LogP contribution is -2.60. The standard InChI is InChI=1S/C23H24O10/c1-29-12-5-3-11(4-6-12)14-10-31-15-8-17(16(30-2)7-13(15)19(14)25)32-23-22(28)21(27)20(26)18(9-24)33-23/h3-8,10,18,20-24,26-28H,9H2,1-2H3/t18?,20-,21+,22?,23-/m1/s1. The maximum absolute atomic E-state index is 13.1. The van der Waals surface area contributed by atoms with Crippen LogP contribution in [0.4, 0.5) is 0 Å². The fourth-order valence-corrected chi connectivity index (χ4v) is 3.65. The molecule has 0 bridgehead atoms. The molecule has 5 atom stereocenters. The quantitative estimate of drug-likeness (QED) is 0.413. The van der Waals surface area contributed by atoms with Gasteiger partial charge in [0.15, 0.2) is 11.5 Å². The van der Waals surface area contributed by atoms with Crippen LogP contribution in [0.2, 0.25) is 0 Å². The molecule has 33 heavy (non-hydrogen) atoms. The average Bonchev–Trinajstić information content (AvgIpc) is 2.84. The van der Waals surface area contributed by atoms with E-state index in [1.54, 1.807) is 31.4 Å². The number of methoxy groups -OCH3 is 2. The van der Waals surface area contributed by atoms with E-state index in [-0.39, 0.29) is 27.9 Å². The van der Waals surface area contributed by atoms with E-state index in [1.165, 1.54) is 25.5 Å². The second kappa shape index (κ2) is 9.38. The number of aliphatic hydroxyl groups excluding tert-OH is 4. The topological polar surface area (TPSA) is 148 Å². The summed E-state index contributed by atoms with van der Waals surface area (Å²) in [5.74, 6) is 0.869. The lowest BCUT2D eigenvalue weighted by molar-refractivity contribution is -0.277. The molecule has 10 heteroatoms. The van der Waals surface area contributed by atoms with Gasteiger partial charge in [-0.3, -0.25) is 4.79 Å². The summed E-state index contributed by atoms with van der Waals surface area (Å²) < 4.78 is 27.2. The van der Waals surface area contributed by atoms with Crippen LogP contribution < -0.4 is 19.6 Å². The minimum absolute atomic E-state index is 0.0645. The van der Waals surface area contributed by atoms with Crippen LogP contribution in [-0.4, -0.2) is 72.0 Å². The first-order chi connectivity index (χ1) is 15.9. The molecule has 3 aromatic rings. The molecule has 0 spiro atoms. The Balaban J connectivity index is 1.70. The SMILES string of the molecule is COc1ccc(-c2coc3cc(O[C@@H]4OC(CO)[C@@H](O)[C@H](O)C4O)c(OC)cc3c2=O)cc1. The summed E-state index contributed by atoms with van der Waals surface area (Å²) in [6.07, 6.45) is -5.94. The molecule has 0 saturated carbocycles. The van der Waals surface area contributed by atoms with Gasteiger partial charge in [-0.15, -0.1) is 0 Å². The molecule has 1 fully saturated rings. The zero-order valence-electron chi connectivity index (χ0n) is 17.9. The van der Waals surface area contributed by atoms with Crippen LogP contribution >= 0.6 is 0 Å². The van der Waals surface area contributed by atoms with Gasteiger partial charge in [-0.05, 0) is 23.8 Å². The molecule has 2 aromatic carbocycles. The van der Waals surface area contributed by atoms with Gasteiger partial charge in [0.05, 0.1) is 31.8 Å². The van der Waals surface area contributed by atoms with Gasteiger partial charge in [0.25, 0.3) is 0 Å². The summed E-state index contributed by atoms with van der Waals surface area (Å²) in [6, 6.07) is 9.78. The summed E-state index contributed by atoms with van der Waals surface area (Å²) in [5, 5.41) is 39.7. The zero-order valence-corrected chi connectivity index (χ0v) is 17.9. The molecule has 176 valence electrons. The van der Waals surface area contributed by atoms with Crippen molar-refractivity contribution in [2.75, 3.05) is 20.8 Å². The van der Waals surface area contributed by atoms with E-state index in [9.17, 15) is 25.2 Å². The molecular weight excluding hydrogens is 436 g/mol. The summed E-state index contributed by atoms with van der Waals surface area (Å²) in [6.45, 7) is -0.595. The fourth-order valence-electron chi connectivity index (χ4n) is 3.65. The molecule has 10 nitrogen and oxygen atoms in total. The van der Waals surface area contributed by atoms with Crippen LogP contribution in [-0.2, 0) is 4.74 Å². The Hall–Kier alpha value is -3.15. The molecule has 1 aliphatic rings. The van der Waals surface area contributed by atoms with E-state index in [1.807, 2.05) is 0 Å². The van der Waals surface area contributed by atoms with Gasteiger partial charge in [-0.1, -0.05) is 12.1 Å². The smallest absolute Gasteiger partial charge is 0.229 e. The lowest BCUT2D eigenvalue weighted by atomic mass is 9.99. The molecule has 4 rings (SSSR count). The summed E-state index contributed by atoms with van der Waals surface area (Å²) in [5.41, 5.74) is 0.888. The van der Waals surface area contributed by atoms with E-state index in [0.29, 0.717) is 16.9 Å². The number of ether oxygens (including phenoxy) is 4. The molecule has 1 aromatic heterocycles. The van der Waals surface area contributed by atoms with Gasteiger partial charge >= 0.3 is 0 Å². The second-order valence-electron chi connectivity index (χ2n) is 7.52. The van der Waals surface area contributed by atoms with E-state index in [4.69, 9.17) is 23.4 Å². The number of aliphatic hydroxyl groups is 4. The van der Waals surface area contributed by atoms with Crippen molar-refractivity contribution in [1.29, 1.82) is 0 Å². The summed E-state index contributed by atoms with van der Waals surface area (Å²) in [4.78, 5) is 13.1. The van der Waals surface area contributed by atoms with Crippen molar-refractivity contribution >= 4 is 11.0 Å². The molecule has 0 radical (unpaired) electrons. The first-order valence-corrected chi connectivity index (χ1v) is 10.1. The second-order valence-corrected chi connectivity index (χ2v) is 7.52. The third kappa shape index (κ3) is 4.26. The highest BCUT2D eigenvalue weighted by Gasteiger charge is 2.45. The highest BCUT2D eigenvalue weighted by atomic mass is 16.7. The van der Waals surface area contributed by atoms with Gasteiger partial charge in [-0.2, -0.15) is 0 Å². The lowest BCUT2D eigenvalue weighted by Gasteiger charge is -2.39. The predicted molar refractivity (Wildman–Crippen MR) is 115 cm³/mol. The monoisotopic (exact) mass is 460 g/mol. The number of benzene rings is 2. The Morgan fingerprint density at radius 3 is 2.30 bits per heavy atom. The van der Waals surface area contributed by atoms with Crippen LogP contribution in [0.5, 0.6) is 17.2 Å². The molecule has 1 saturated heterocycles. The molecule has 0 amide bonds. The van der Waals surface area contributed by atoms with E-state index in [0.717, 1.165) is 0 Å². The molecule has 2 unspecified atom stereocenters. The first kappa shape index (κ1) is 23.0. The number of rotatable bonds is 6. The van der Waals surface area contributed by atoms with Crippen molar-refractivity contribution in [1.82, 2.24) is 0 Å². The van der Waals surface area contributed by atoms with Gasteiger partial charge in [0.1, 0.15) is 42.0 Å². The van der Waals surface area contributed by atoms with Crippen molar-refractivity contribution < 1.29 is 43.8 Å². The van der Waals surface area contributed by atoms with Crippen molar-refractivity contribution in [3.05, 3.63) is 52.9 Å². The van der Waals surface area contributed by atoms with Crippen molar-refractivity contribution in [2.45, 2.75) is 30.7 Å². The molecular formula is C23H24O10. The van der Waals surface area contributed by atoms with E-state index >= 15 is 0 Å². The first-order valence-electron chi connectivity index (χ1n) is 10.1. The van der Waals surface area contributed by atoms with Crippen molar-refractivity contribution in [3.63, 3.8) is 0 Å². The molecule has 0 aliphatic carbocycles. The van der Waals surface area contributed by atoms with E-state index in [2.05, 4.69) is 0 Å². The summed E-state index contributed by atoms with van der Waals surface area (Å²) in [7, 11) is 2.92. The Morgan fingerprint density at radius 2 is 1.67 bits per heavy atom. The van der Waals surface area contributed by atoms with Crippen molar-refractivity contribution in [2.24, 2.45) is 0 Å². The van der Waals surface area contributed by atoms with Gasteiger partial charge in [0.2, 0.25) is 11.7 Å². The molecule has 2 heterocycles. The minimum atomic E-state index is -1.60. The number of hydrogen-bond donors (Lipinski definition) is 4. The van der Waals surface area contributed by atoms with Crippen LogP contribution in [0, 0.1) is 0 Å². The average molecular weight is 460 g/mol. The van der Waals surface area contributed by atoms with Crippen LogP contribution in [0.3, 0.4) is 0 Å². The third-order valence-electron chi connectivity index (χ3n) is 5.55. The third-order valence-corrected chi connectivity index (χ3v) is 5.55. The predicted octanol–water partition coefficient (Wildman–Crippen LogP) is 0.656. The largest absolute Gasteiger partial charge is 0.497 e. The van der Waals surface area contributed by atoms with E-state index < -0.39 is 37.3 Å². The normalized spacial score (nSPS) is 25.1. The van der Waals surface area contributed by atoms with Crippen LogP contribution in [0.25, 0.3) is 22.1 Å². The number of hydrogen-bond acceptors (Lipinski definition) is 10. The maximum Gasteiger partial charge on any atom is 0.229 e. The number of fused-ring (bicyclic) bond motifs is 1. The van der Waals surface area contributed by atoms with Crippen LogP contribution in [0.15, 0.2) is 51.9 Å². The highest BCUT2D eigenvalue weighted by molar-refractivity contribution is 5.84. The Labute approximate surface area is 188 Å².